The fourth-order valence-corrected chi connectivity index (χ4v) is 2.71. The summed E-state index contributed by atoms with van der Waals surface area (Å²) in [6, 6.07) is 0. The number of aromatic nitrogens is 1. The van der Waals surface area contributed by atoms with E-state index in [4.69, 9.17) is 20.8 Å². The fraction of sp³-hybridized carbons (Fsp3) is 0.524. The Morgan fingerprint density at radius 1 is 1.07 bits per heavy atom. The maximum Gasteiger partial charge on any atom is 0.355 e. The lowest BCUT2D eigenvalue weighted by Gasteiger charge is -2.19. The smallest absolute Gasteiger partial charge is 0.355 e. The number of H-pyrrole nitrogens is 1. The molecule has 1 N–H and O–H groups in total. The van der Waals surface area contributed by atoms with E-state index in [0.717, 1.165) is 0 Å². The second kappa shape index (κ2) is 10.5. The summed E-state index contributed by atoms with van der Waals surface area (Å²) in [7, 11) is 2.53. The van der Waals surface area contributed by atoms with Crippen LogP contribution in [-0.2, 0) is 36.6 Å². The van der Waals surface area contributed by atoms with Gasteiger partial charge in [-0.05, 0) is 44.7 Å². The number of nitrogens with zero attached hydrogens (tertiary/aromatic N) is 1. The van der Waals surface area contributed by atoms with Gasteiger partial charge in [-0.3, -0.25) is 9.59 Å². The molecule has 0 amide bonds. The quantitative estimate of drug-likeness (QED) is 0.405. The van der Waals surface area contributed by atoms with Crippen LogP contribution in [0.2, 0.25) is 0 Å². The first-order valence-electron chi connectivity index (χ1n) is 9.26. The third kappa shape index (κ3) is 6.79. The molecule has 0 aliphatic rings. The van der Waals surface area contributed by atoms with Crippen LogP contribution in [0.4, 0.5) is 0 Å². The number of esters is 3. The lowest BCUT2D eigenvalue weighted by molar-refractivity contribution is -0.140. The molecule has 1 aromatic heterocycles. The summed E-state index contributed by atoms with van der Waals surface area (Å²) in [5.74, 6) is -1.61. The fourth-order valence-electron chi connectivity index (χ4n) is 2.71. The van der Waals surface area contributed by atoms with Gasteiger partial charge >= 0.3 is 17.9 Å². The van der Waals surface area contributed by atoms with Gasteiger partial charge in [0, 0.05) is 12.1 Å². The summed E-state index contributed by atoms with van der Waals surface area (Å²) in [6.07, 6.45) is 2.28. The highest BCUT2D eigenvalue weighted by molar-refractivity contribution is 5.93. The highest BCUT2D eigenvalue weighted by atomic mass is 16.6. The molecule has 1 aromatic rings. The number of nitrogens with one attached hydrogen (secondary N) is 1. The Kier molecular flexibility index (Phi) is 8.64. The van der Waals surface area contributed by atoms with Gasteiger partial charge in [0.15, 0.2) is 0 Å². The number of hydrogen-bond acceptors (Lipinski definition) is 6. The Morgan fingerprint density at radius 3 is 2.17 bits per heavy atom. The molecule has 0 aromatic carbocycles. The van der Waals surface area contributed by atoms with Crippen LogP contribution in [0.1, 0.15) is 67.8 Å². The first-order chi connectivity index (χ1) is 13.6. The second-order valence-electron chi connectivity index (χ2n) is 7.27. The van der Waals surface area contributed by atoms with E-state index in [-0.39, 0.29) is 30.7 Å². The van der Waals surface area contributed by atoms with Crippen LogP contribution >= 0.6 is 0 Å². The molecule has 0 atom stereocenters. The third-order valence-corrected chi connectivity index (χ3v) is 3.95. The van der Waals surface area contributed by atoms with Crippen LogP contribution in [0.3, 0.4) is 0 Å². The van der Waals surface area contributed by atoms with Gasteiger partial charge in [0.25, 0.3) is 0 Å². The van der Waals surface area contributed by atoms with E-state index < -0.39 is 23.5 Å². The standard InChI is InChI=1S/C21H28N2O6/c1-8-9-15(22-5)18-14(12-17(25)28-7)13(10-11-16(24)27-6)19(23-18)20(26)29-21(2,3)4/h9,23H,8,10-12H2,1-4,6-7H3/b15-9-. The van der Waals surface area contributed by atoms with Crippen molar-refractivity contribution in [3.8, 4) is 0 Å². The molecule has 0 aliphatic heterocycles. The number of methoxy groups -OCH3 is 2. The van der Waals surface area contributed by atoms with E-state index in [0.29, 0.717) is 23.2 Å². The monoisotopic (exact) mass is 404 g/mol. The molecule has 0 spiro atoms. The van der Waals surface area contributed by atoms with Crippen LogP contribution in [0.5, 0.6) is 0 Å². The number of allylic oxidation sites excluding steroid dienone is 1. The van der Waals surface area contributed by atoms with Crippen molar-refractivity contribution in [2.75, 3.05) is 14.2 Å². The number of carbonyl (C=O) groups is 3. The lowest BCUT2D eigenvalue weighted by atomic mass is 9.99. The van der Waals surface area contributed by atoms with Crippen LogP contribution in [-0.4, -0.2) is 42.7 Å². The van der Waals surface area contributed by atoms with E-state index in [1.54, 1.807) is 26.8 Å². The molecule has 29 heavy (non-hydrogen) atoms. The minimum absolute atomic E-state index is 0.00259. The van der Waals surface area contributed by atoms with Crippen LogP contribution in [0.15, 0.2) is 6.08 Å². The molecule has 8 heteroatoms. The summed E-state index contributed by atoms with van der Waals surface area (Å²) in [5, 5.41) is 0. The predicted octanol–water partition coefficient (Wildman–Crippen LogP) is 3.46. The zero-order chi connectivity index (χ0) is 22.2. The molecular formula is C21H28N2O6. The van der Waals surface area contributed by atoms with Gasteiger partial charge in [-0.15, -0.1) is 0 Å². The first kappa shape index (κ1) is 24.0. The van der Waals surface area contributed by atoms with Gasteiger partial charge in [0.2, 0.25) is 5.70 Å². The normalized spacial score (nSPS) is 11.6. The molecule has 0 unspecified atom stereocenters. The maximum atomic E-state index is 12.8. The van der Waals surface area contributed by atoms with Crippen molar-refractivity contribution in [2.45, 2.75) is 59.0 Å². The highest BCUT2D eigenvalue weighted by Gasteiger charge is 2.28. The average Bonchev–Trinajstić information content (AvgIpc) is 3.00. The number of rotatable bonds is 8. The minimum atomic E-state index is -0.744. The molecule has 1 rings (SSSR count). The van der Waals surface area contributed by atoms with Gasteiger partial charge in [-0.2, -0.15) is 0 Å². The molecular weight excluding hydrogens is 376 g/mol. The highest BCUT2D eigenvalue weighted by Crippen LogP contribution is 2.30. The van der Waals surface area contributed by atoms with Crippen molar-refractivity contribution >= 4 is 23.6 Å². The number of hydrogen-bond donors (Lipinski definition) is 1. The first-order valence-corrected chi connectivity index (χ1v) is 9.26. The van der Waals surface area contributed by atoms with Crippen molar-refractivity contribution in [2.24, 2.45) is 0 Å². The number of aromatic amines is 1. The Bertz CT molecular complexity index is 837. The molecule has 8 nitrogen and oxygen atoms in total. The summed E-state index contributed by atoms with van der Waals surface area (Å²) in [4.78, 5) is 43.0. The molecule has 0 bridgehead atoms. The third-order valence-electron chi connectivity index (χ3n) is 3.95. The zero-order valence-corrected chi connectivity index (χ0v) is 17.8. The van der Waals surface area contributed by atoms with E-state index in [1.165, 1.54) is 14.2 Å². The van der Waals surface area contributed by atoms with Gasteiger partial charge in [0.05, 0.1) is 27.2 Å². The van der Waals surface area contributed by atoms with Crippen LogP contribution < -0.4 is 0 Å². The molecule has 0 radical (unpaired) electrons. The summed E-state index contributed by atoms with van der Waals surface area (Å²) in [5.41, 5.74) is 0.886. The van der Waals surface area contributed by atoms with Gasteiger partial charge < -0.3 is 19.2 Å². The van der Waals surface area contributed by atoms with Gasteiger partial charge in [-0.1, -0.05) is 13.0 Å². The Morgan fingerprint density at radius 2 is 1.69 bits per heavy atom. The largest absolute Gasteiger partial charge is 0.469 e. The zero-order valence-electron chi connectivity index (χ0n) is 17.8. The van der Waals surface area contributed by atoms with Gasteiger partial charge in [0.1, 0.15) is 11.3 Å². The van der Waals surface area contributed by atoms with Gasteiger partial charge in [-0.25, -0.2) is 9.64 Å². The van der Waals surface area contributed by atoms with Crippen LogP contribution in [0, 0.1) is 6.57 Å². The van der Waals surface area contributed by atoms with Crippen LogP contribution in [0.25, 0.3) is 10.5 Å². The molecule has 0 saturated heterocycles. The Balaban J connectivity index is 3.64. The summed E-state index contributed by atoms with van der Waals surface area (Å²) < 4.78 is 14.9. The molecule has 0 aliphatic carbocycles. The second-order valence-corrected chi connectivity index (χ2v) is 7.27. The van der Waals surface area contributed by atoms with Crippen molar-refractivity contribution in [3.63, 3.8) is 0 Å². The number of carbonyl (C=O) groups excluding carboxylic acids is 3. The van der Waals surface area contributed by atoms with E-state index in [9.17, 15) is 14.4 Å². The van der Waals surface area contributed by atoms with Crippen molar-refractivity contribution in [1.82, 2.24) is 4.98 Å². The minimum Gasteiger partial charge on any atom is -0.469 e. The average molecular weight is 404 g/mol. The van der Waals surface area contributed by atoms with Crippen molar-refractivity contribution < 1.29 is 28.6 Å². The predicted molar refractivity (Wildman–Crippen MR) is 107 cm³/mol. The Labute approximate surface area is 171 Å². The Hall–Kier alpha value is -3.08. The number of ether oxygens (including phenoxy) is 3. The van der Waals surface area contributed by atoms with Crippen molar-refractivity contribution in [3.05, 3.63) is 40.0 Å². The SMILES string of the molecule is [C-]#[N+]/C(=C\CC)c1[nH]c(C(=O)OC(C)(C)C)c(CCC(=O)OC)c1CC(=O)OC. The topological polar surface area (TPSA) is 99.0 Å². The van der Waals surface area contributed by atoms with E-state index in [1.807, 2.05) is 6.92 Å². The van der Waals surface area contributed by atoms with E-state index >= 15 is 0 Å². The van der Waals surface area contributed by atoms with E-state index in [2.05, 4.69) is 9.83 Å². The molecule has 1 heterocycles. The van der Waals surface area contributed by atoms with Crippen molar-refractivity contribution in [1.29, 1.82) is 0 Å². The summed E-state index contributed by atoms with van der Waals surface area (Å²) >= 11 is 0. The molecule has 0 fully saturated rings. The molecule has 0 saturated carbocycles. The lowest BCUT2D eigenvalue weighted by Crippen LogP contribution is -2.25. The molecule has 158 valence electrons. The summed E-state index contributed by atoms with van der Waals surface area (Å²) in [6.45, 7) is 14.6. The maximum absolute atomic E-state index is 12.8.